The first kappa shape index (κ1) is 22.4. The highest BCUT2D eigenvalue weighted by Crippen LogP contribution is 2.32. The lowest BCUT2D eigenvalue weighted by Gasteiger charge is -2.17. The van der Waals surface area contributed by atoms with Crippen LogP contribution in [0.1, 0.15) is 12.5 Å². The summed E-state index contributed by atoms with van der Waals surface area (Å²) in [7, 11) is 1.57. The van der Waals surface area contributed by atoms with Gasteiger partial charge in [-0.05, 0) is 56.3 Å². The van der Waals surface area contributed by atoms with Crippen molar-refractivity contribution in [1.82, 2.24) is 0 Å². The van der Waals surface area contributed by atoms with Gasteiger partial charge in [-0.1, -0.05) is 41.4 Å². The van der Waals surface area contributed by atoms with Gasteiger partial charge in [0.2, 0.25) is 11.2 Å². The molecule has 33 heavy (non-hydrogen) atoms. The number of carbonyl (C=O) groups excluding carboxylic acids is 1. The molecule has 1 amide bonds. The van der Waals surface area contributed by atoms with Gasteiger partial charge in [0.05, 0.1) is 12.5 Å². The zero-order valence-corrected chi connectivity index (χ0v) is 19.1. The average Bonchev–Trinajstić information content (AvgIpc) is 2.82. The summed E-state index contributed by atoms with van der Waals surface area (Å²) >= 11 is 6.09. The molecule has 3 aromatic carbocycles. The lowest BCUT2D eigenvalue weighted by molar-refractivity contribution is -0.122. The molecule has 1 N–H and O–H groups in total. The number of rotatable bonds is 6. The van der Waals surface area contributed by atoms with Crippen molar-refractivity contribution in [3.8, 4) is 22.8 Å². The Labute approximate surface area is 195 Å². The summed E-state index contributed by atoms with van der Waals surface area (Å²) in [6.45, 7) is 3.53. The van der Waals surface area contributed by atoms with Crippen LogP contribution in [0.5, 0.6) is 11.5 Å². The van der Waals surface area contributed by atoms with Gasteiger partial charge in [0.25, 0.3) is 5.91 Å². The van der Waals surface area contributed by atoms with Crippen molar-refractivity contribution >= 4 is 34.2 Å². The number of hydrogen-bond acceptors (Lipinski definition) is 5. The number of benzene rings is 3. The molecule has 0 aliphatic carbocycles. The van der Waals surface area contributed by atoms with E-state index in [0.29, 0.717) is 27.6 Å². The van der Waals surface area contributed by atoms with Gasteiger partial charge in [-0.2, -0.15) is 0 Å². The van der Waals surface area contributed by atoms with Crippen LogP contribution in [0.4, 0.5) is 5.69 Å². The molecule has 0 fully saturated rings. The maximum Gasteiger partial charge on any atom is 0.265 e. The Hall–Kier alpha value is -3.77. The molecule has 0 saturated heterocycles. The standard InChI is InChI=1S/C26H22ClNO5/c1-15-4-6-17(7-5-15)24-25(23(29)21-14-18(27)8-13-22(21)33-24)32-16(2)26(30)28-19-9-11-20(31-3)12-10-19/h4-14,16H,1-3H3,(H,28,30). The van der Waals surface area contributed by atoms with Crippen LogP contribution in [0.25, 0.3) is 22.3 Å². The van der Waals surface area contributed by atoms with Crippen LogP contribution < -0.4 is 20.2 Å². The van der Waals surface area contributed by atoms with E-state index >= 15 is 0 Å². The van der Waals surface area contributed by atoms with Crippen LogP contribution in [0.15, 0.2) is 75.9 Å². The molecule has 0 saturated carbocycles. The highest BCUT2D eigenvalue weighted by Gasteiger charge is 2.23. The number of halogens is 1. The first-order valence-corrected chi connectivity index (χ1v) is 10.7. The predicted octanol–water partition coefficient (Wildman–Crippen LogP) is 5.84. The molecule has 168 valence electrons. The molecule has 6 nitrogen and oxygen atoms in total. The number of methoxy groups -OCH3 is 1. The molecular weight excluding hydrogens is 442 g/mol. The van der Waals surface area contributed by atoms with Gasteiger partial charge in [0, 0.05) is 16.3 Å². The minimum atomic E-state index is -0.976. The summed E-state index contributed by atoms with van der Waals surface area (Å²) in [5, 5.41) is 3.44. The van der Waals surface area contributed by atoms with Crippen molar-refractivity contribution in [3.05, 3.63) is 87.5 Å². The lowest BCUT2D eigenvalue weighted by Crippen LogP contribution is -2.31. The van der Waals surface area contributed by atoms with Gasteiger partial charge in [0.15, 0.2) is 11.9 Å². The van der Waals surface area contributed by atoms with Crippen molar-refractivity contribution < 1.29 is 18.7 Å². The smallest absolute Gasteiger partial charge is 0.265 e. The molecule has 1 unspecified atom stereocenters. The Morgan fingerprint density at radius 2 is 1.73 bits per heavy atom. The zero-order valence-electron chi connectivity index (χ0n) is 18.3. The Kier molecular flexibility index (Phi) is 6.38. The second-order valence-electron chi connectivity index (χ2n) is 7.57. The van der Waals surface area contributed by atoms with E-state index in [4.69, 9.17) is 25.5 Å². The molecular formula is C26H22ClNO5. The minimum Gasteiger partial charge on any atom is -0.497 e. The van der Waals surface area contributed by atoms with Crippen LogP contribution >= 0.6 is 11.6 Å². The molecule has 0 aliphatic rings. The van der Waals surface area contributed by atoms with Gasteiger partial charge < -0.3 is 19.2 Å². The maximum atomic E-state index is 13.3. The molecule has 7 heteroatoms. The molecule has 0 aliphatic heterocycles. The van der Waals surface area contributed by atoms with E-state index < -0.39 is 17.4 Å². The molecule has 1 atom stereocenters. The fourth-order valence-electron chi connectivity index (χ4n) is 3.30. The van der Waals surface area contributed by atoms with Crippen molar-refractivity contribution in [2.45, 2.75) is 20.0 Å². The van der Waals surface area contributed by atoms with Crippen molar-refractivity contribution in [3.63, 3.8) is 0 Å². The van der Waals surface area contributed by atoms with E-state index in [-0.39, 0.29) is 16.9 Å². The number of anilines is 1. The number of hydrogen-bond donors (Lipinski definition) is 1. The van der Waals surface area contributed by atoms with E-state index in [1.165, 1.54) is 6.07 Å². The third-order valence-corrected chi connectivity index (χ3v) is 5.38. The predicted molar refractivity (Wildman–Crippen MR) is 129 cm³/mol. The third-order valence-electron chi connectivity index (χ3n) is 5.15. The SMILES string of the molecule is COc1ccc(NC(=O)C(C)Oc2c(-c3ccc(C)cc3)oc3ccc(Cl)cc3c2=O)cc1. The first-order chi connectivity index (χ1) is 15.9. The highest BCUT2D eigenvalue weighted by atomic mass is 35.5. The van der Waals surface area contributed by atoms with Gasteiger partial charge >= 0.3 is 0 Å². The minimum absolute atomic E-state index is 0.0500. The molecule has 4 rings (SSSR count). The Balaban J connectivity index is 1.70. The number of aryl methyl sites for hydroxylation is 1. The van der Waals surface area contributed by atoms with Crippen LogP contribution in [0.2, 0.25) is 5.02 Å². The molecule has 4 aromatic rings. The number of carbonyl (C=O) groups is 1. The third kappa shape index (κ3) is 4.86. The van der Waals surface area contributed by atoms with Crippen molar-refractivity contribution in [2.24, 2.45) is 0 Å². The Morgan fingerprint density at radius 3 is 2.39 bits per heavy atom. The van der Waals surface area contributed by atoms with Gasteiger partial charge in [-0.3, -0.25) is 9.59 Å². The van der Waals surface area contributed by atoms with Crippen LogP contribution in [-0.2, 0) is 4.79 Å². The van der Waals surface area contributed by atoms with Crippen LogP contribution in [-0.4, -0.2) is 19.1 Å². The number of nitrogens with one attached hydrogen (secondary N) is 1. The molecule has 1 heterocycles. The number of amides is 1. The van der Waals surface area contributed by atoms with Gasteiger partial charge in [-0.25, -0.2) is 0 Å². The molecule has 0 spiro atoms. The second-order valence-corrected chi connectivity index (χ2v) is 8.01. The topological polar surface area (TPSA) is 77.8 Å². The second kappa shape index (κ2) is 9.38. The Bertz CT molecular complexity index is 1360. The highest BCUT2D eigenvalue weighted by molar-refractivity contribution is 6.31. The fraction of sp³-hybridized carbons (Fsp3) is 0.154. The summed E-state index contributed by atoms with van der Waals surface area (Å²) in [6, 6.07) is 19.2. The first-order valence-electron chi connectivity index (χ1n) is 10.3. The number of ether oxygens (including phenoxy) is 2. The zero-order chi connectivity index (χ0) is 23.5. The van der Waals surface area contributed by atoms with E-state index in [2.05, 4.69) is 5.32 Å². The summed E-state index contributed by atoms with van der Waals surface area (Å²) in [6.07, 6.45) is -0.976. The van der Waals surface area contributed by atoms with E-state index in [0.717, 1.165) is 5.56 Å². The van der Waals surface area contributed by atoms with E-state index in [1.54, 1.807) is 50.4 Å². The normalized spacial score (nSPS) is 11.8. The van der Waals surface area contributed by atoms with E-state index in [9.17, 15) is 9.59 Å². The van der Waals surface area contributed by atoms with E-state index in [1.807, 2.05) is 31.2 Å². The van der Waals surface area contributed by atoms with Crippen molar-refractivity contribution in [1.29, 1.82) is 0 Å². The van der Waals surface area contributed by atoms with Crippen LogP contribution in [0.3, 0.4) is 0 Å². The van der Waals surface area contributed by atoms with Gasteiger partial charge in [0.1, 0.15) is 11.3 Å². The quantitative estimate of drug-likeness (QED) is 0.389. The maximum absolute atomic E-state index is 13.3. The average molecular weight is 464 g/mol. The van der Waals surface area contributed by atoms with Crippen molar-refractivity contribution in [2.75, 3.05) is 12.4 Å². The molecule has 0 radical (unpaired) electrons. The summed E-state index contributed by atoms with van der Waals surface area (Å²) in [5.41, 5.74) is 2.27. The molecule has 1 aromatic heterocycles. The van der Waals surface area contributed by atoms with Gasteiger partial charge in [-0.15, -0.1) is 0 Å². The number of fused-ring (bicyclic) bond motifs is 1. The summed E-state index contributed by atoms with van der Waals surface area (Å²) in [5.74, 6) is 0.456. The Morgan fingerprint density at radius 1 is 1.03 bits per heavy atom. The largest absolute Gasteiger partial charge is 0.497 e. The van der Waals surface area contributed by atoms with Crippen LogP contribution in [0, 0.1) is 6.92 Å². The monoisotopic (exact) mass is 463 g/mol. The summed E-state index contributed by atoms with van der Waals surface area (Å²) in [4.78, 5) is 26.1. The summed E-state index contributed by atoms with van der Waals surface area (Å²) < 4.78 is 17.1. The fourth-order valence-corrected chi connectivity index (χ4v) is 3.47. The molecule has 0 bridgehead atoms. The lowest BCUT2D eigenvalue weighted by atomic mass is 10.1.